The minimum atomic E-state index is -0.273. The van der Waals surface area contributed by atoms with Crippen molar-refractivity contribution in [3.63, 3.8) is 0 Å². The van der Waals surface area contributed by atoms with Gasteiger partial charge in [0.1, 0.15) is 11.6 Å². The average Bonchev–Trinajstić information content (AvgIpc) is 3.22. The van der Waals surface area contributed by atoms with Gasteiger partial charge in [-0.25, -0.2) is 4.98 Å². The number of aryl methyl sites for hydroxylation is 1. The number of nitrogens with one attached hydrogen (secondary N) is 1. The lowest BCUT2D eigenvalue weighted by Gasteiger charge is -2.29. The number of carbonyl (C=O) groups is 1. The van der Waals surface area contributed by atoms with Gasteiger partial charge in [-0.05, 0) is 50.3 Å². The van der Waals surface area contributed by atoms with E-state index in [4.69, 9.17) is 0 Å². The van der Waals surface area contributed by atoms with E-state index in [-0.39, 0.29) is 17.5 Å². The molecule has 26 heavy (non-hydrogen) atoms. The highest BCUT2D eigenvalue weighted by Crippen LogP contribution is 2.25. The molecular formula is C20H24N4OS. The Bertz CT molecular complexity index is 857. The second-order valence-corrected chi connectivity index (χ2v) is 7.86. The molecule has 2 aromatic heterocycles. The molecule has 0 aromatic carbocycles. The maximum Gasteiger partial charge on any atom is 0.262 e. The van der Waals surface area contributed by atoms with Crippen molar-refractivity contribution < 1.29 is 4.79 Å². The van der Waals surface area contributed by atoms with Gasteiger partial charge in [0.05, 0.1) is 0 Å². The molecule has 136 valence electrons. The molecule has 1 N–H and O–H groups in total. The Morgan fingerprint density at radius 1 is 1.42 bits per heavy atom. The lowest BCUT2D eigenvalue weighted by Crippen LogP contribution is -2.41. The summed E-state index contributed by atoms with van der Waals surface area (Å²) in [5, 5.41) is 15.4. The molecule has 0 spiro atoms. The third-order valence-electron chi connectivity index (χ3n) is 5.17. The number of hydrogen-bond acceptors (Lipinski definition) is 4. The van der Waals surface area contributed by atoms with Crippen molar-refractivity contribution >= 4 is 23.3 Å². The summed E-state index contributed by atoms with van der Waals surface area (Å²) in [6.45, 7) is 6.15. The third kappa shape index (κ3) is 3.73. The Morgan fingerprint density at radius 2 is 2.19 bits per heavy atom. The van der Waals surface area contributed by atoms with Crippen molar-refractivity contribution in [1.29, 1.82) is 5.26 Å². The van der Waals surface area contributed by atoms with Gasteiger partial charge in [0.15, 0.2) is 5.13 Å². The first-order chi connectivity index (χ1) is 12.5. The van der Waals surface area contributed by atoms with E-state index in [9.17, 15) is 10.1 Å². The highest BCUT2D eigenvalue weighted by Gasteiger charge is 2.24. The fourth-order valence-corrected chi connectivity index (χ4v) is 4.39. The number of carbonyl (C=O) groups excluding carboxylic acids is 1. The maximum atomic E-state index is 12.6. The molecule has 1 amide bonds. The molecule has 1 saturated carbocycles. The summed E-state index contributed by atoms with van der Waals surface area (Å²) in [4.78, 5) is 17.0. The molecule has 2 atom stereocenters. The minimum absolute atomic E-state index is 0.155. The zero-order chi connectivity index (χ0) is 18.7. The zero-order valence-corrected chi connectivity index (χ0v) is 16.3. The Balaban J connectivity index is 1.84. The average molecular weight is 369 g/mol. The van der Waals surface area contributed by atoms with Crippen molar-refractivity contribution in [2.75, 3.05) is 0 Å². The van der Waals surface area contributed by atoms with Crippen molar-refractivity contribution in [3.8, 4) is 11.2 Å². The van der Waals surface area contributed by atoms with E-state index >= 15 is 0 Å². The molecule has 0 aliphatic heterocycles. The van der Waals surface area contributed by atoms with Crippen LogP contribution < -0.4 is 5.32 Å². The minimum Gasteiger partial charge on any atom is -0.348 e. The number of amides is 1. The predicted octanol–water partition coefficient (Wildman–Crippen LogP) is 4.15. The SMILES string of the molecule is Cc1cc(/C=C(\C#N)C(=O)N[C@@H]2CCCC[C@@H]2C)c(C)n1-c1nccs1. The first-order valence-corrected chi connectivity index (χ1v) is 9.90. The number of hydrogen-bond donors (Lipinski definition) is 1. The maximum absolute atomic E-state index is 12.6. The van der Waals surface area contributed by atoms with Crippen LogP contribution in [0.5, 0.6) is 0 Å². The van der Waals surface area contributed by atoms with Crippen LogP contribution in [0.2, 0.25) is 0 Å². The van der Waals surface area contributed by atoms with E-state index in [0.29, 0.717) is 5.92 Å². The molecule has 1 aliphatic rings. The molecular weight excluding hydrogens is 344 g/mol. The molecule has 0 saturated heterocycles. The molecule has 5 nitrogen and oxygen atoms in total. The lowest BCUT2D eigenvalue weighted by molar-refractivity contribution is -0.118. The number of rotatable bonds is 4. The highest BCUT2D eigenvalue weighted by molar-refractivity contribution is 7.12. The largest absolute Gasteiger partial charge is 0.348 e. The third-order valence-corrected chi connectivity index (χ3v) is 5.93. The summed E-state index contributed by atoms with van der Waals surface area (Å²) in [5.41, 5.74) is 3.04. The molecule has 2 heterocycles. The predicted molar refractivity (Wildman–Crippen MR) is 104 cm³/mol. The summed E-state index contributed by atoms with van der Waals surface area (Å²) in [5.74, 6) is 0.188. The van der Waals surface area contributed by atoms with Gasteiger partial charge in [0.2, 0.25) is 0 Å². The zero-order valence-electron chi connectivity index (χ0n) is 15.5. The van der Waals surface area contributed by atoms with Crippen molar-refractivity contribution in [2.24, 2.45) is 5.92 Å². The van der Waals surface area contributed by atoms with Crippen molar-refractivity contribution in [1.82, 2.24) is 14.9 Å². The standard InChI is InChI=1S/C20H24N4OS/c1-13-6-4-5-7-18(13)23-19(25)17(12-21)11-16-10-14(2)24(15(16)3)20-22-8-9-26-20/h8-11,13,18H,4-7H2,1-3H3,(H,23,25)/b17-11+/t13-,18+/m0/s1. The monoisotopic (exact) mass is 368 g/mol. The van der Waals surface area contributed by atoms with Crippen molar-refractivity contribution in [3.05, 3.63) is 40.2 Å². The number of nitriles is 1. The molecule has 1 aliphatic carbocycles. The van der Waals surface area contributed by atoms with E-state index in [2.05, 4.69) is 23.3 Å². The second-order valence-electron chi connectivity index (χ2n) is 6.99. The Hall–Kier alpha value is -2.39. The van der Waals surface area contributed by atoms with Gasteiger partial charge in [-0.3, -0.25) is 9.36 Å². The van der Waals surface area contributed by atoms with Gasteiger partial charge in [0.25, 0.3) is 5.91 Å². The Morgan fingerprint density at radius 3 is 2.85 bits per heavy atom. The van der Waals surface area contributed by atoms with Gasteiger partial charge >= 0.3 is 0 Å². The van der Waals surface area contributed by atoms with Crippen LogP contribution in [0.4, 0.5) is 0 Å². The van der Waals surface area contributed by atoms with E-state index in [1.807, 2.05) is 29.9 Å². The molecule has 6 heteroatoms. The van der Waals surface area contributed by atoms with Crippen LogP contribution in [0.3, 0.4) is 0 Å². The van der Waals surface area contributed by atoms with Gasteiger partial charge in [-0.1, -0.05) is 19.8 Å². The molecule has 0 radical (unpaired) electrons. The fraction of sp³-hybridized carbons (Fsp3) is 0.450. The quantitative estimate of drug-likeness (QED) is 0.651. The van der Waals surface area contributed by atoms with E-state index in [0.717, 1.165) is 41.3 Å². The first-order valence-electron chi connectivity index (χ1n) is 9.02. The molecule has 1 fully saturated rings. The summed E-state index contributed by atoms with van der Waals surface area (Å²) in [7, 11) is 0. The van der Waals surface area contributed by atoms with Gasteiger partial charge in [-0.15, -0.1) is 11.3 Å². The second kappa shape index (κ2) is 7.88. The van der Waals surface area contributed by atoms with Crippen LogP contribution >= 0.6 is 11.3 Å². The lowest BCUT2D eigenvalue weighted by atomic mass is 9.86. The van der Waals surface area contributed by atoms with E-state index in [1.54, 1.807) is 23.6 Å². The van der Waals surface area contributed by atoms with Gasteiger partial charge in [-0.2, -0.15) is 5.26 Å². The Labute approximate surface area is 158 Å². The van der Waals surface area contributed by atoms with Crippen LogP contribution in [-0.4, -0.2) is 21.5 Å². The summed E-state index contributed by atoms with van der Waals surface area (Å²) in [6, 6.07) is 4.23. The molecule has 0 bridgehead atoms. The van der Waals surface area contributed by atoms with E-state index < -0.39 is 0 Å². The number of aromatic nitrogens is 2. The fourth-order valence-electron chi connectivity index (χ4n) is 3.64. The normalized spacial score (nSPS) is 20.6. The van der Waals surface area contributed by atoms with Crippen LogP contribution in [-0.2, 0) is 4.79 Å². The summed E-state index contributed by atoms with van der Waals surface area (Å²) >= 11 is 1.56. The molecule has 0 unspecified atom stereocenters. The Kier molecular flexibility index (Phi) is 5.58. The first kappa shape index (κ1) is 18.4. The van der Waals surface area contributed by atoms with Gasteiger partial charge < -0.3 is 5.32 Å². The van der Waals surface area contributed by atoms with Crippen LogP contribution in [0.15, 0.2) is 23.2 Å². The van der Waals surface area contributed by atoms with Crippen LogP contribution in [0.1, 0.15) is 49.6 Å². The summed E-state index contributed by atoms with van der Waals surface area (Å²) < 4.78 is 2.05. The van der Waals surface area contributed by atoms with Crippen molar-refractivity contribution in [2.45, 2.75) is 52.5 Å². The smallest absolute Gasteiger partial charge is 0.262 e. The number of thiazole rings is 1. The number of nitrogens with zero attached hydrogens (tertiary/aromatic N) is 3. The van der Waals surface area contributed by atoms with Crippen LogP contribution in [0.25, 0.3) is 11.2 Å². The molecule has 3 rings (SSSR count). The van der Waals surface area contributed by atoms with E-state index in [1.165, 1.54) is 6.42 Å². The van der Waals surface area contributed by atoms with Gasteiger partial charge in [0, 0.05) is 29.0 Å². The van der Waals surface area contributed by atoms with Crippen LogP contribution in [0, 0.1) is 31.1 Å². The molecule has 2 aromatic rings. The summed E-state index contributed by atoms with van der Waals surface area (Å²) in [6.07, 6.45) is 7.94. The topological polar surface area (TPSA) is 70.7 Å². The highest BCUT2D eigenvalue weighted by atomic mass is 32.1.